The Balaban J connectivity index is 1.80. The second-order valence-electron chi connectivity index (χ2n) is 5.95. The summed E-state index contributed by atoms with van der Waals surface area (Å²) in [5, 5.41) is 2.56. The van der Waals surface area contributed by atoms with Gasteiger partial charge in [-0.15, -0.1) is 0 Å². The summed E-state index contributed by atoms with van der Waals surface area (Å²) in [6.45, 7) is 2.16. The van der Waals surface area contributed by atoms with Crippen LogP contribution in [0.5, 0.6) is 11.5 Å². The highest BCUT2D eigenvalue weighted by atomic mass is 19.4. The first kappa shape index (κ1) is 18.1. The van der Waals surface area contributed by atoms with Crippen molar-refractivity contribution in [1.29, 1.82) is 0 Å². The topological polar surface area (TPSA) is 47.6 Å². The highest BCUT2D eigenvalue weighted by Crippen LogP contribution is 2.35. The molecular formula is C19H18F3NO3. The predicted molar refractivity (Wildman–Crippen MR) is 90.4 cm³/mol. The number of ether oxygens (including phenoxy) is 2. The van der Waals surface area contributed by atoms with Gasteiger partial charge in [-0.2, -0.15) is 13.2 Å². The molecule has 1 N–H and O–H groups in total. The Morgan fingerprint density at radius 2 is 2.04 bits per heavy atom. The number of hydrogen-bond donors (Lipinski definition) is 1. The molecule has 4 nitrogen and oxygen atoms in total. The fourth-order valence-corrected chi connectivity index (χ4v) is 2.82. The third-order valence-corrected chi connectivity index (χ3v) is 4.11. The number of alkyl halides is 3. The molecule has 1 aliphatic heterocycles. The lowest BCUT2D eigenvalue weighted by Gasteiger charge is -2.25. The van der Waals surface area contributed by atoms with E-state index in [9.17, 15) is 18.0 Å². The van der Waals surface area contributed by atoms with Crippen LogP contribution in [0.3, 0.4) is 0 Å². The Hall–Kier alpha value is -2.70. The molecule has 1 aliphatic rings. The Bertz CT molecular complexity index is 805. The standard InChI is InChI=1S/C19H18F3NO3/c1-2-25-17-8-7-14(19(20,21)22)10-15(17)23-18(24)13-9-12-5-3-4-6-16(12)26-11-13/h3-8,10,13H,2,9,11H2,1H3,(H,23,24). The zero-order valence-electron chi connectivity index (χ0n) is 14.1. The monoisotopic (exact) mass is 365 g/mol. The van der Waals surface area contributed by atoms with Crippen molar-refractivity contribution in [2.45, 2.75) is 19.5 Å². The minimum Gasteiger partial charge on any atom is -0.492 e. The first-order chi connectivity index (χ1) is 12.4. The molecule has 26 heavy (non-hydrogen) atoms. The fourth-order valence-electron chi connectivity index (χ4n) is 2.82. The molecular weight excluding hydrogens is 347 g/mol. The minimum absolute atomic E-state index is 0.00512. The number of carbonyl (C=O) groups excluding carboxylic acids is 1. The summed E-state index contributed by atoms with van der Waals surface area (Å²) in [5.74, 6) is 0.0327. The highest BCUT2D eigenvalue weighted by molar-refractivity contribution is 5.94. The van der Waals surface area contributed by atoms with Crippen LogP contribution in [0.15, 0.2) is 42.5 Å². The molecule has 1 atom stereocenters. The van der Waals surface area contributed by atoms with Crippen molar-refractivity contribution in [3.8, 4) is 11.5 Å². The molecule has 0 aliphatic carbocycles. The van der Waals surface area contributed by atoms with Crippen LogP contribution in [-0.4, -0.2) is 19.1 Å². The van der Waals surface area contributed by atoms with Gasteiger partial charge in [-0.25, -0.2) is 0 Å². The number of halogens is 3. The molecule has 0 aromatic heterocycles. The van der Waals surface area contributed by atoms with Crippen LogP contribution in [-0.2, 0) is 17.4 Å². The van der Waals surface area contributed by atoms with Gasteiger partial charge in [0.25, 0.3) is 0 Å². The summed E-state index contributed by atoms with van der Waals surface area (Å²) in [4.78, 5) is 12.6. The van der Waals surface area contributed by atoms with Crippen LogP contribution in [0.1, 0.15) is 18.1 Å². The van der Waals surface area contributed by atoms with Gasteiger partial charge < -0.3 is 14.8 Å². The second kappa shape index (κ2) is 7.27. The van der Waals surface area contributed by atoms with E-state index in [4.69, 9.17) is 9.47 Å². The largest absolute Gasteiger partial charge is 0.492 e. The minimum atomic E-state index is -4.50. The summed E-state index contributed by atoms with van der Waals surface area (Å²) in [7, 11) is 0. The zero-order valence-corrected chi connectivity index (χ0v) is 14.1. The van der Waals surface area contributed by atoms with Crippen LogP contribution < -0.4 is 14.8 Å². The summed E-state index contributed by atoms with van der Waals surface area (Å²) >= 11 is 0. The maximum atomic E-state index is 13.0. The van der Waals surface area contributed by atoms with Crippen LogP contribution in [0.25, 0.3) is 0 Å². The smallest absolute Gasteiger partial charge is 0.416 e. The molecule has 2 aromatic carbocycles. The summed E-state index contributed by atoms with van der Waals surface area (Å²) in [6, 6.07) is 10.4. The van der Waals surface area contributed by atoms with Crippen molar-refractivity contribution in [2.24, 2.45) is 5.92 Å². The van der Waals surface area contributed by atoms with Gasteiger partial charge in [0.05, 0.1) is 23.8 Å². The van der Waals surface area contributed by atoms with Gasteiger partial charge in [-0.3, -0.25) is 4.79 Å². The maximum absolute atomic E-state index is 13.0. The van der Waals surface area contributed by atoms with Crippen molar-refractivity contribution in [3.05, 3.63) is 53.6 Å². The fraction of sp³-hybridized carbons (Fsp3) is 0.316. The Morgan fingerprint density at radius 3 is 2.77 bits per heavy atom. The molecule has 138 valence electrons. The van der Waals surface area contributed by atoms with Gasteiger partial charge in [0, 0.05) is 0 Å². The number of anilines is 1. The molecule has 0 fully saturated rings. The summed E-state index contributed by atoms with van der Waals surface area (Å²) < 4.78 is 49.8. The predicted octanol–water partition coefficient (Wildman–Crippen LogP) is 4.29. The third-order valence-electron chi connectivity index (χ3n) is 4.11. The zero-order chi connectivity index (χ0) is 18.7. The molecule has 2 aromatic rings. The van der Waals surface area contributed by atoms with Crippen molar-refractivity contribution in [3.63, 3.8) is 0 Å². The van der Waals surface area contributed by atoms with Crippen LogP contribution in [0, 0.1) is 5.92 Å². The first-order valence-corrected chi connectivity index (χ1v) is 8.24. The van der Waals surface area contributed by atoms with Crippen LogP contribution >= 0.6 is 0 Å². The van der Waals surface area contributed by atoms with E-state index in [-0.39, 0.29) is 24.7 Å². The van der Waals surface area contributed by atoms with Crippen molar-refractivity contribution >= 4 is 11.6 Å². The van der Waals surface area contributed by atoms with E-state index in [2.05, 4.69) is 5.32 Å². The normalized spacial score (nSPS) is 16.4. The Morgan fingerprint density at radius 1 is 1.27 bits per heavy atom. The molecule has 0 radical (unpaired) electrons. The molecule has 0 saturated heterocycles. The van der Waals surface area contributed by atoms with Crippen LogP contribution in [0.2, 0.25) is 0 Å². The van der Waals surface area contributed by atoms with Gasteiger partial charge in [0.2, 0.25) is 5.91 Å². The molecule has 1 amide bonds. The SMILES string of the molecule is CCOc1ccc(C(F)(F)F)cc1NC(=O)C1COc2ccccc2C1. The summed E-state index contributed by atoms with van der Waals surface area (Å²) in [6.07, 6.45) is -4.04. The molecule has 1 unspecified atom stereocenters. The molecule has 0 bridgehead atoms. The second-order valence-corrected chi connectivity index (χ2v) is 5.95. The number of amides is 1. The van der Waals surface area contributed by atoms with E-state index < -0.39 is 23.6 Å². The van der Waals surface area contributed by atoms with Crippen molar-refractivity contribution in [2.75, 3.05) is 18.5 Å². The number of carbonyl (C=O) groups is 1. The Kier molecular flexibility index (Phi) is 5.06. The van der Waals surface area contributed by atoms with Gasteiger partial charge >= 0.3 is 6.18 Å². The third kappa shape index (κ3) is 3.92. The van der Waals surface area contributed by atoms with Crippen molar-refractivity contribution < 1.29 is 27.4 Å². The number of hydrogen-bond acceptors (Lipinski definition) is 3. The summed E-state index contributed by atoms with van der Waals surface area (Å²) in [5.41, 5.74) is 0.0556. The highest BCUT2D eigenvalue weighted by Gasteiger charge is 2.32. The van der Waals surface area contributed by atoms with Gasteiger partial charge in [0.15, 0.2) is 0 Å². The van der Waals surface area contributed by atoms with E-state index in [1.54, 1.807) is 6.92 Å². The average molecular weight is 365 g/mol. The van der Waals surface area contributed by atoms with Crippen molar-refractivity contribution in [1.82, 2.24) is 0 Å². The average Bonchev–Trinajstić information content (AvgIpc) is 2.62. The molecule has 1 heterocycles. The van der Waals surface area contributed by atoms with E-state index in [0.717, 1.165) is 23.4 Å². The van der Waals surface area contributed by atoms with E-state index >= 15 is 0 Å². The molecule has 7 heteroatoms. The lowest BCUT2D eigenvalue weighted by Crippen LogP contribution is -2.32. The molecule has 0 spiro atoms. The quantitative estimate of drug-likeness (QED) is 0.879. The van der Waals surface area contributed by atoms with Gasteiger partial charge in [-0.1, -0.05) is 18.2 Å². The number of nitrogens with one attached hydrogen (secondary N) is 1. The number of rotatable bonds is 4. The number of benzene rings is 2. The first-order valence-electron chi connectivity index (χ1n) is 8.24. The lowest BCUT2D eigenvalue weighted by molar-refractivity contribution is -0.137. The molecule has 3 rings (SSSR count). The van der Waals surface area contributed by atoms with E-state index in [1.165, 1.54) is 6.07 Å². The molecule has 0 saturated carbocycles. The van der Waals surface area contributed by atoms with E-state index in [1.807, 2.05) is 24.3 Å². The maximum Gasteiger partial charge on any atom is 0.416 e. The van der Waals surface area contributed by atoms with Gasteiger partial charge in [-0.05, 0) is 43.2 Å². The van der Waals surface area contributed by atoms with Gasteiger partial charge in [0.1, 0.15) is 18.1 Å². The lowest BCUT2D eigenvalue weighted by atomic mass is 9.96. The van der Waals surface area contributed by atoms with Crippen LogP contribution in [0.4, 0.5) is 18.9 Å². The Labute approximate surface area is 148 Å². The number of fused-ring (bicyclic) bond motifs is 1. The van der Waals surface area contributed by atoms with E-state index in [0.29, 0.717) is 6.42 Å². The number of para-hydroxylation sites is 1.